The molecular weight excluding hydrogens is 360 g/mol. The molecule has 1 aromatic carbocycles. The van der Waals surface area contributed by atoms with Crippen LogP contribution < -0.4 is 16.4 Å². The van der Waals surface area contributed by atoms with Crippen LogP contribution in [-0.2, 0) is 17.6 Å². The molecule has 5 N–H and O–H groups in total. The monoisotopic (exact) mass is 380 g/mol. The Kier molecular flexibility index (Phi) is 5.33. The number of hydrogen-bond acceptors (Lipinski definition) is 3. The van der Waals surface area contributed by atoms with E-state index >= 15 is 0 Å². The normalized spacial score (nSPS) is 14.1. The van der Waals surface area contributed by atoms with E-state index < -0.39 is 17.5 Å². The molecule has 26 heavy (non-hydrogen) atoms. The average molecular weight is 380 g/mol. The third-order valence-electron chi connectivity index (χ3n) is 4.53. The summed E-state index contributed by atoms with van der Waals surface area (Å²) in [6, 6.07) is 3.03. The number of carbonyl (C=O) groups excluding carboxylic acids is 2. The Morgan fingerprint density at radius 3 is 2.81 bits per heavy atom. The fraction of sp³-hybridized carbons (Fsp3) is 0.333. The van der Waals surface area contributed by atoms with Gasteiger partial charge >= 0.3 is 0 Å². The molecule has 1 atom stereocenters. The second-order valence-corrected chi connectivity index (χ2v) is 7.47. The van der Waals surface area contributed by atoms with Gasteiger partial charge in [0.25, 0.3) is 11.8 Å². The molecule has 1 heterocycles. The molecule has 1 aromatic heterocycles. The third kappa shape index (κ3) is 3.76. The summed E-state index contributed by atoms with van der Waals surface area (Å²) in [7, 11) is 0. The molecule has 1 aliphatic carbocycles. The van der Waals surface area contributed by atoms with Crippen molar-refractivity contribution in [3.8, 4) is 0 Å². The molecule has 0 saturated heterocycles. The summed E-state index contributed by atoms with van der Waals surface area (Å²) in [6.07, 6.45) is 2.68. The van der Waals surface area contributed by atoms with Gasteiger partial charge in [0.15, 0.2) is 6.54 Å². The molecule has 0 unspecified atom stereocenters. The summed E-state index contributed by atoms with van der Waals surface area (Å²) < 4.78 is 26.8. The molecule has 0 radical (unpaired) electrons. The Morgan fingerprint density at radius 1 is 1.35 bits per heavy atom. The summed E-state index contributed by atoms with van der Waals surface area (Å²) >= 11 is 1.39. The number of anilines is 1. The minimum atomic E-state index is -0.639. The van der Waals surface area contributed by atoms with Crippen LogP contribution in [0.3, 0.4) is 0 Å². The number of aryl methyl sites for hydroxylation is 1. The number of nitrogens with two attached hydrogens (primary N) is 2. The van der Waals surface area contributed by atoms with Gasteiger partial charge in [-0.2, -0.15) is 0 Å². The number of thiophene rings is 1. The van der Waals surface area contributed by atoms with Crippen LogP contribution >= 0.6 is 11.3 Å². The van der Waals surface area contributed by atoms with Gasteiger partial charge in [0.1, 0.15) is 22.7 Å². The SMILES string of the molecule is C[C@@H]([NH2+]CC(=O)Nc1sc2c(c1C(N)=O)CCC2)c1ccc(F)cc1F. The highest BCUT2D eigenvalue weighted by atomic mass is 32.1. The Labute approximate surface area is 153 Å². The number of amides is 2. The Hall–Kier alpha value is -2.32. The molecule has 1 aliphatic rings. The highest BCUT2D eigenvalue weighted by Gasteiger charge is 2.26. The molecule has 138 valence electrons. The number of primary amides is 1. The van der Waals surface area contributed by atoms with E-state index in [0.717, 1.165) is 35.8 Å². The zero-order valence-corrected chi connectivity index (χ0v) is 15.1. The molecule has 2 amide bonds. The number of nitrogens with one attached hydrogen (secondary N) is 1. The molecule has 5 nitrogen and oxygen atoms in total. The summed E-state index contributed by atoms with van der Waals surface area (Å²) in [5.41, 5.74) is 7.16. The topological polar surface area (TPSA) is 88.8 Å². The van der Waals surface area contributed by atoms with Crippen molar-refractivity contribution in [2.75, 3.05) is 11.9 Å². The van der Waals surface area contributed by atoms with Crippen molar-refractivity contribution in [1.82, 2.24) is 0 Å². The summed E-state index contributed by atoms with van der Waals surface area (Å²) in [5.74, 6) is -2.12. The Balaban J connectivity index is 1.64. The average Bonchev–Trinajstić information content (AvgIpc) is 3.12. The highest BCUT2D eigenvalue weighted by Crippen LogP contribution is 2.38. The van der Waals surface area contributed by atoms with Gasteiger partial charge in [0.2, 0.25) is 0 Å². The summed E-state index contributed by atoms with van der Waals surface area (Å²) in [4.78, 5) is 25.1. The van der Waals surface area contributed by atoms with Crippen LogP contribution in [0.25, 0.3) is 0 Å². The van der Waals surface area contributed by atoms with Crippen molar-refractivity contribution in [3.05, 3.63) is 51.4 Å². The van der Waals surface area contributed by atoms with Crippen LogP contribution in [0.1, 0.15) is 45.7 Å². The van der Waals surface area contributed by atoms with Crippen molar-refractivity contribution in [2.45, 2.75) is 32.2 Å². The van der Waals surface area contributed by atoms with Gasteiger partial charge in [0, 0.05) is 16.5 Å². The lowest BCUT2D eigenvalue weighted by Gasteiger charge is -2.12. The minimum absolute atomic E-state index is 0.0404. The van der Waals surface area contributed by atoms with Gasteiger partial charge in [-0.05, 0) is 43.9 Å². The van der Waals surface area contributed by atoms with Crippen LogP contribution in [0.4, 0.5) is 13.8 Å². The van der Waals surface area contributed by atoms with E-state index in [4.69, 9.17) is 5.73 Å². The van der Waals surface area contributed by atoms with Crippen LogP contribution in [0.5, 0.6) is 0 Å². The van der Waals surface area contributed by atoms with E-state index in [0.29, 0.717) is 16.1 Å². The number of fused-ring (bicyclic) bond motifs is 1. The number of rotatable bonds is 6. The number of quaternary nitrogens is 1. The maximum absolute atomic E-state index is 13.8. The number of halogens is 2. The van der Waals surface area contributed by atoms with Crippen LogP contribution in [0, 0.1) is 11.6 Å². The first kappa shape index (κ1) is 18.5. The molecule has 0 saturated carbocycles. The molecule has 2 aromatic rings. The standard InChI is InChI=1S/C18H19F2N3O2S/c1-9(11-6-5-10(19)7-13(11)20)22-8-15(24)23-18-16(17(21)25)12-3-2-4-14(12)26-18/h5-7,9,22H,2-4,8H2,1H3,(H2,21,25)(H,23,24)/p+1/t9-/m1/s1. The number of benzene rings is 1. The van der Waals surface area contributed by atoms with E-state index in [9.17, 15) is 18.4 Å². The predicted octanol–water partition coefficient (Wildman–Crippen LogP) is 1.88. The first-order valence-electron chi connectivity index (χ1n) is 8.39. The summed E-state index contributed by atoms with van der Waals surface area (Å²) in [5, 5.41) is 4.88. The van der Waals surface area contributed by atoms with Gasteiger partial charge in [-0.15, -0.1) is 11.3 Å². The van der Waals surface area contributed by atoms with Gasteiger partial charge < -0.3 is 16.4 Å². The fourth-order valence-corrected chi connectivity index (χ4v) is 4.52. The maximum Gasteiger partial charge on any atom is 0.280 e. The maximum atomic E-state index is 13.8. The highest BCUT2D eigenvalue weighted by molar-refractivity contribution is 7.17. The van der Waals surface area contributed by atoms with Gasteiger partial charge in [-0.25, -0.2) is 8.78 Å². The van der Waals surface area contributed by atoms with Crippen LogP contribution in [-0.4, -0.2) is 18.4 Å². The second kappa shape index (κ2) is 7.51. The first-order valence-corrected chi connectivity index (χ1v) is 9.21. The van der Waals surface area contributed by atoms with Crippen LogP contribution in [0.15, 0.2) is 18.2 Å². The van der Waals surface area contributed by atoms with Crippen LogP contribution in [0.2, 0.25) is 0 Å². The molecule has 3 rings (SSSR count). The molecule has 0 fully saturated rings. The van der Waals surface area contributed by atoms with Gasteiger partial charge in [0.05, 0.1) is 5.56 Å². The van der Waals surface area contributed by atoms with Crippen molar-refractivity contribution in [1.29, 1.82) is 0 Å². The van der Waals surface area contributed by atoms with E-state index in [2.05, 4.69) is 5.32 Å². The lowest BCUT2D eigenvalue weighted by Crippen LogP contribution is -2.86. The van der Waals surface area contributed by atoms with E-state index in [1.54, 1.807) is 12.2 Å². The molecule has 0 bridgehead atoms. The molecular formula is C18H20F2N3O2S+. The third-order valence-corrected chi connectivity index (χ3v) is 5.74. The lowest BCUT2D eigenvalue weighted by molar-refractivity contribution is -0.682. The quantitative estimate of drug-likeness (QED) is 0.714. The molecule has 0 aliphatic heterocycles. The van der Waals surface area contributed by atoms with Gasteiger partial charge in [-0.1, -0.05) is 0 Å². The lowest BCUT2D eigenvalue weighted by atomic mass is 10.1. The molecule has 8 heteroatoms. The second-order valence-electron chi connectivity index (χ2n) is 6.37. The zero-order chi connectivity index (χ0) is 18.8. The van der Waals surface area contributed by atoms with E-state index in [1.165, 1.54) is 23.5 Å². The van der Waals surface area contributed by atoms with Crippen molar-refractivity contribution in [2.24, 2.45) is 5.73 Å². The Morgan fingerprint density at radius 2 is 2.12 bits per heavy atom. The fourth-order valence-electron chi connectivity index (χ4n) is 3.21. The smallest absolute Gasteiger partial charge is 0.280 e. The van der Waals surface area contributed by atoms with Crippen molar-refractivity contribution < 1.29 is 23.7 Å². The van der Waals surface area contributed by atoms with Crippen molar-refractivity contribution in [3.63, 3.8) is 0 Å². The van der Waals surface area contributed by atoms with Crippen molar-refractivity contribution >= 4 is 28.2 Å². The number of carbonyl (C=O) groups is 2. The van der Waals surface area contributed by atoms with E-state index in [-0.39, 0.29) is 18.5 Å². The summed E-state index contributed by atoms with van der Waals surface area (Å²) in [6.45, 7) is 1.77. The Bertz CT molecular complexity index is 866. The largest absolute Gasteiger partial charge is 0.365 e. The predicted molar refractivity (Wildman–Crippen MR) is 95.1 cm³/mol. The minimum Gasteiger partial charge on any atom is -0.365 e. The first-order chi connectivity index (χ1) is 12.4. The van der Waals surface area contributed by atoms with E-state index in [1.807, 2.05) is 0 Å². The zero-order valence-electron chi connectivity index (χ0n) is 14.3. The number of hydrogen-bond donors (Lipinski definition) is 3. The molecule has 0 spiro atoms. The van der Waals surface area contributed by atoms with Gasteiger partial charge in [-0.3, -0.25) is 9.59 Å².